The second-order valence-corrected chi connectivity index (χ2v) is 6.42. The third kappa shape index (κ3) is 1.80. The quantitative estimate of drug-likeness (QED) is 0.838. The number of nitrogens with one attached hydrogen (secondary N) is 1. The number of hydrogen-bond acceptors (Lipinski definition) is 4. The summed E-state index contributed by atoms with van der Waals surface area (Å²) in [6, 6.07) is 0.301. The molecule has 1 aromatic rings. The van der Waals surface area contributed by atoms with E-state index < -0.39 is 0 Å². The lowest BCUT2D eigenvalue weighted by Crippen LogP contribution is -2.52. The Morgan fingerprint density at radius 3 is 2.94 bits per heavy atom. The molecule has 2 unspecified atom stereocenters. The van der Waals surface area contributed by atoms with Crippen molar-refractivity contribution in [3.8, 4) is 0 Å². The summed E-state index contributed by atoms with van der Waals surface area (Å²) in [4.78, 5) is 0. The molecule has 2 aliphatic heterocycles. The minimum absolute atomic E-state index is 0.0124. The number of nitrogens with zero attached hydrogens (tertiary/aromatic N) is 2. The molecule has 3 heterocycles. The number of hydrogen-bond donors (Lipinski definition) is 1. The summed E-state index contributed by atoms with van der Waals surface area (Å²) in [5.41, 5.74) is 3.72. The molecule has 0 radical (unpaired) electrons. The average Bonchev–Trinajstić information content (AvgIpc) is 2.89. The number of aryl methyl sites for hydroxylation is 2. The predicted molar refractivity (Wildman–Crippen MR) is 74.1 cm³/mol. The summed E-state index contributed by atoms with van der Waals surface area (Å²) in [6.45, 7) is 6.02. The third-order valence-corrected chi connectivity index (χ3v) is 5.42. The van der Waals surface area contributed by atoms with Gasteiger partial charge in [-0.05, 0) is 26.0 Å². The first-order chi connectivity index (χ1) is 8.64. The Morgan fingerprint density at radius 2 is 2.33 bits per heavy atom. The second kappa shape index (κ2) is 4.54. The van der Waals surface area contributed by atoms with Crippen LogP contribution in [0, 0.1) is 13.8 Å². The third-order valence-electron chi connectivity index (χ3n) is 4.24. The van der Waals surface area contributed by atoms with Crippen molar-refractivity contribution in [2.45, 2.75) is 31.9 Å². The number of thioether (sulfide) groups is 1. The van der Waals surface area contributed by atoms with Crippen LogP contribution in [0.2, 0.25) is 0 Å². The van der Waals surface area contributed by atoms with Crippen LogP contribution in [0.1, 0.15) is 29.4 Å². The van der Waals surface area contributed by atoms with E-state index in [1.54, 1.807) is 0 Å². The average molecular weight is 267 g/mol. The first kappa shape index (κ1) is 12.5. The maximum Gasteiger partial charge on any atom is 0.0975 e. The first-order valence-electron chi connectivity index (χ1n) is 6.59. The molecule has 2 atom stereocenters. The molecule has 0 saturated carbocycles. The van der Waals surface area contributed by atoms with E-state index in [1.165, 1.54) is 17.0 Å². The molecule has 1 aromatic heterocycles. The van der Waals surface area contributed by atoms with Crippen LogP contribution in [-0.4, -0.2) is 40.0 Å². The molecular weight excluding hydrogens is 246 g/mol. The van der Waals surface area contributed by atoms with Gasteiger partial charge in [0.15, 0.2) is 0 Å². The van der Waals surface area contributed by atoms with Crippen LogP contribution in [0.25, 0.3) is 0 Å². The van der Waals surface area contributed by atoms with Crippen LogP contribution in [0.5, 0.6) is 0 Å². The minimum Gasteiger partial charge on any atom is -0.371 e. The van der Waals surface area contributed by atoms with Gasteiger partial charge in [0.2, 0.25) is 0 Å². The summed E-state index contributed by atoms with van der Waals surface area (Å²) >= 11 is 2.00. The standard InChI is InChI=1S/C13H21N3OS/c1-9-11(10(2)16(3)15-9)12-13(4-7-18-8-13)17-6-5-14-12/h12,14H,4-8H2,1-3H3. The van der Waals surface area contributed by atoms with Crippen molar-refractivity contribution in [3.05, 3.63) is 17.0 Å². The molecular formula is C13H21N3OS. The summed E-state index contributed by atoms with van der Waals surface area (Å²) < 4.78 is 8.18. The van der Waals surface area contributed by atoms with E-state index >= 15 is 0 Å². The van der Waals surface area contributed by atoms with Gasteiger partial charge in [0, 0.05) is 30.6 Å². The van der Waals surface area contributed by atoms with Crippen LogP contribution < -0.4 is 5.32 Å². The van der Waals surface area contributed by atoms with Crippen molar-refractivity contribution in [2.75, 3.05) is 24.7 Å². The lowest BCUT2D eigenvalue weighted by molar-refractivity contribution is -0.0799. The molecule has 18 heavy (non-hydrogen) atoms. The van der Waals surface area contributed by atoms with Gasteiger partial charge in [-0.25, -0.2) is 0 Å². The van der Waals surface area contributed by atoms with Gasteiger partial charge in [-0.2, -0.15) is 16.9 Å². The number of morpholine rings is 1. The minimum atomic E-state index is -0.0124. The molecule has 1 spiro atoms. The Balaban J connectivity index is 2.02. The highest BCUT2D eigenvalue weighted by Crippen LogP contribution is 2.44. The van der Waals surface area contributed by atoms with Gasteiger partial charge in [0.1, 0.15) is 0 Å². The molecule has 0 amide bonds. The second-order valence-electron chi connectivity index (χ2n) is 5.31. The Bertz CT molecular complexity index is 451. The van der Waals surface area contributed by atoms with E-state index in [0.717, 1.165) is 31.0 Å². The zero-order valence-electron chi connectivity index (χ0n) is 11.3. The van der Waals surface area contributed by atoms with Crippen molar-refractivity contribution in [1.29, 1.82) is 0 Å². The van der Waals surface area contributed by atoms with E-state index in [-0.39, 0.29) is 5.60 Å². The van der Waals surface area contributed by atoms with E-state index in [1.807, 2.05) is 23.5 Å². The Kier molecular flexibility index (Phi) is 3.16. The van der Waals surface area contributed by atoms with E-state index in [0.29, 0.717) is 6.04 Å². The van der Waals surface area contributed by atoms with Gasteiger partial charge in [-0.1, -0.05) is 0 Å². The Morgan fingerprint density at radius 1 is 1.50 bits per heavy atom. The van der Waals surface area contributed by atoms with E-state index in [4.69, 9.17) is 4.74 Å². The van der Waals surface area contributed by atoms with Crippen LogP contribution in [0.15, 0.2) is 0 Å². The maximum atomic E-state index is 6.19. The topological polar surface area (TPSA) is 39.1 Å². The molecule has 0 bridgehead atoms. The summed E-state index contributed by atoms with van der Waals surface area (Å²) in [5, 5.41) is 8.23. The Labute approximate surface area is 112 Å². The fourth-order valence-electron chi connectivity index (χ4n) is 3.20. The highest BCUT2D eigenvalue weighted by Gasteiger charge is 2.47. The SMILES string of the molecule is Cc1nn(C)c(C)c1C1NCCOC12CCSC2. The van der Waals surface area contributed by atoms with Gasteiger partial charge in [-0.3, -0.25) is 4.68 Å². The fourth-order valence-corrected chi connectivity index (χ4v) is 4.58. The molecule has 3 rings (SSSR count). The Hall–Kier alpha value is -0.520. The summed E-state index contributed by atoms with van der Waals surface area (Å²) in [7, 11) is 2.02. The predicted octanol–water partition coefficient (Wildman–Crippen LogP) is 1.57. The van der Waals surface area contributed by atoms with Gasteiger partial charge in [0.05, 0.1) is 23.9 Å². The van der Waals surface area contributed by atoms with Crippen LogP contribution in [-0.2, 0) is 11.8 Å². The molecule has 0 aromatic carbocycles. The zero-order chi connectivity index (χ0) is 12.8. The molecule has 5 heteroatoms. The van der Waals surface area contributed by atoms with Gasteiger partial charge in [0.25, 0.3) is 0 Å². The summed E-state index contributed by atoms with van der Waals surface area (Å²) in [5.74, 6) is 2.30. The molecule has 2 fully saturated rings. The van der Waals surface area contributed by atoms with Gasteiger partial charge < -0.3 is 10.1 Å². The molecule has 0 aliphatic carbocycles. The monoisotopic (exact) mass is 267 g/mol. The van der Waals surface area contributed by atoms with Crippen molar-refractivity contribution in [3.63, 3.8) is 0 Å². The van der Waals surface area contributed by atoms with Gasteiger partial charge >= 0.3 is 0 Å². The largest absolute Gasteiger partial charge is 0.371 e. The van der Waals surface area contributed by atoms with Gasteiger partial charge in [-0.15, -0.1) is 0 Å². The maximum absolute atomic E-state index is 6.19. The van der Waals surface area contributed by atoms with E-state index in [2.05, 4.69) is 24.3 Å². The van der Waals surface area contributed by atoms with Crippen molar-refractivity contribution < 1.29 is 4.74 Å². The lowest BCUT2D eigenvalue weighted by atomic mass is 9.85. The number of aromatic nitrogens is 2. The highest BCUT2D eigenvalue weighted by molar-refractivity contribution is 7.99. The van der Waals surface area contributed by atoms with Crippen LogP contribution in [0.3, 0.4) is 0 Å². The summed E-state index contributed by atoms with van der Waals surface area (Å²) in [6.07, 6.45) is 1.14. The molecule has 4 nitrogen and oxygen atoms in total. The van der Waals surface area contributed by atoms with Crippen LogP contribution in [0.4, 0.5) is 0 Å². The van der Waals surface area contributed by atoms with Crippen molar-refractivity contribution in [1.82, 2.24) is 15.1 Å². The number of rotatable bonds is 1. The molecule has 2 aliphatic rings. The molecule has 1 N–H and O–H groups in total. The smallest absolute Gasteiger partial charge is 0.0975 e. The van der Waals surface area contributed by atoms with Crippen molar-refractivity contribution in [2.24, 2.45) is 7.05 Å². The normalized spacial score (nSPS) is 32.3. The van der Waals surface area contributed by atoms with Crippen LogP contribution >= 0.6 is 11.8 Å². The fraction of sp³-hybridized carbons (Fsp3) is 0.769. The van der Waals surface area contributed by atoms with Crippen molar-refractivity contribution >= 4 is 11.8 Å². The lowest BCUT2D eigenvalue weighted by Gasteiger charge is -2.42. The molecule has 100 valence electrons. The van der Waals surface area contributed by atoms with E-state index in [9.17, 15) is 0 Å². The first-order valence-corrected chi connectivity index (χ1v) is 7.75. The molecule has 2 saturated heterocycles. The number of ether oxygens (including phenoxy) is 1. The zero-order valence-corrected chi connectivity index (χ0v) is 12.1. The highest BCUT2D eigenvalue weighted by atomic mass is 32.2.